The number of nitrogens with zero attached hydrogens (tertiary/aromatic N) is 1. The number of carbonyl (C=O) groups excluding carboxylic acids is 1. The number of benzene rings is 2. The Morgan fingerprint density at radius 2 is 1.76 bits per heavy atom. The molecule has 25 heavy (non-hydrogen) atoms. The molecule has 0 atom stereocenters. The Bertz CT molecular complexity index is 864. The van der Waals surface area contributed by atoms with Crippen LogP contribution in [-0.2, 0) is 14.8 Å². The summed E-state index contributed by atoms with van der Waals surface area (Å²) in [5, 5.41) is 0. The lowest BCUT2D eigenvalue weighted by molar-refractivity contribution is -0.116. The molecule has 2 rings (SSSR count). The minimum absolute atomic E-state index is 0.0185. The summed E-state index contributed by atoms with van der Waals surface area (Å²) in [6.45, 7) is 5.56. The Morgan fingerprint density at radius 1 is 1.12 bits per heavy atom. The van der Waals surface area contributed by atoms with Crippen LogP contribution in [0.3, 0.4) is 0 Å². The highest BCUT2D eigenvalue weighted by Gasteiger charge is 2.17. The molecule has 1 N–H and O–H groups in total. The minimum Gasteiger partial charge on any atom is -0.311 e. The quantitative estimate of drug-likeness (QED) is 0.857. The van der Waals surface area contributed by atoms with Crippen LogP contribution in [0.2, 0.25) is 0 Å². The molecule has 0 aliphatic heterocycles. The number of nitrogens with one attached hydrogen (secondary N) is 1. The number of sulfonamides is 1. The molecule has 0 radical (unpaired) electrons. The van der Waals surface area contributed by atoms with Gasteiger partial charge in [0, 0.05) is 25.7 Å². The molecule has 2 aromatic rings. The van der Waals surface area contributed by atoms with Crippen LogP contribution in [-0.4, -0.2) is 27.4 Å². The molecule has 7 heteroatoms. The van der Waals surface area contributed by atoms with Crippen molar-refractivity contribution in [3.05, 3.63) is 59.4 Å². The fraction of sp³-hybridized carbons (Fsp3) is 0.278. The topological polar surface area (TPSA) is 66.5 Å². The van der Waals surface area contributed by atoms with Gasteiger partial charge in [-0.15, -0.1) is 0 Å². The van der Waals surface area contributed by atoms with Gasteiger partial charge in [0.1, 0.15) is 5.82 Å². The summed E-state index contributed by atoms with van der Waals surface area (Å²) in [5.41, 5.74) is 2.78. The molecule has 2 aromatic carbocycles. The maximum Gasteiger partial charge on any atom is 0.240 e. The summed E-state index contributed by atoms with van der Waals surface area (Å²) < 4.78 is 39.8. The minimum atomic E-state index is -3.75. The molecular formula is C18H21FN2O3S. The maximum absolute atomic E-state index is 12.9. The summed E-state index contributed by atoms with van der Waals surface area (Å²) in [7, 11) is -3.75. The monoisotopic (exact) mass is 364 g/mol. The fourth-order valence-corrected chi connectivity index (χ4v) is 3.49. The van der Waals surface area contributed by atoms with Gasteiger partial charge in [-0.3, -0.25) is 4.79 Å². The Morgan fingerprint density at radius 3 is 2.36 bits per heavy atom. The number of hydrogen-bond donors (Lipinski definition) is 1. The first-order valence-electron chi connectivity index (χ1n) is 7.82. The van der Waals surface area contributed by atoms with Gasteiger partial charge >= 0.3 is 0 Å². The van der Waals surface area contributed by atoms with E-state index in [1.54, 1.807) is 0 Å². The van der Waals surface area contributed by atoms with Crippen molar-refractivity contribution < 1.29 is 17.6 Å². The van der Waals surface area contributed by atoms with E-state index < -0.39 is 15.8 Å². The van der Waals surface area contributed by atoms with Gasteiger partial charge in [-0.05, 0) is 55.3 Å². The van der Waals surface area contributed by atoms with E-state index >= 15 is 0 Å². The van der Waals surface area contributed by atoms with Gasteiger partial charge in [0.15, 0.2) is 0 Å². The van der Waals surface area contributed by atoms with Gasteiger partial charge in [0.25, 0.3) is 0 Å². The standard InChI is InChI=1S/C18H21FN2O3S/c1-13-5-4-6-18(14(13)2)21(15(3)22)12-11-20-25(23,24)17-9-7-16(19)8-10-17/h4-10,20H,11-12H2,1-3H3. The smallest absolute Gasteiger partial charge is 0.240 e. The molecule has 0 aromatic heterocycles. The van der Waals surface area contributed by atoms with Crippen molar-refractivity contribution in [3.8, 4) is 0 Å². The van der Waals surface area contributed by atoms with E-state index in [0.29, 0.717) is 0 Å². The molecule has 0 aliphatic rings. The molecule has 0 spiro atoms. The van der Waals surface area contributed by atoms with Gasteiger partial charge in [-0.25, -0.2) is 17.5 Å². The lowest BCUT2D eigenvalue weighted by Gasteiger charge is -2.24. The van der Waals surface area contributed by atoms with Crippen molar-refractivity contribution in [1.29, 1.82) is 0 Å². The van der Waals surface area contributed by atoms with Crippen LogP contribution >= 0.6 is 0 Å². The van der Waals surface area contributed by atoms with E-state index in [4.69, 9.17) is 0 Å². The molecule has 0 fully saturated rings. The zero-order valence-corrected chi connectivity index (χ0v) is 15.2. The number of halogens is 1. The molecule has 0 heterocycles. The fourth-order valence-electron chi connectivity index (χ4n) is 2.46. The third-order valence-corrected chi connectivity index (χ3v) is 5.48. The van der Waals surface area contributed by atoms with Gasteiger partial charge in [0.2, 0.25) is 15.9 Å². The van der Waals surface area contributed by atoms with Crippen LogP contribution in [0.4, 0.5) is 10.1 Å². The Kier molecular flexibility index (Phi) is 5.92. The number of carbonyl (C=O) groups is 1. The van der Waals surface area contributed by atoms with E-state index in [1.165, 1.54) is 24.0 Å². The Labute approximate surface area is 147 Å². The number of rotatable bonds is 6. The largest absolute Gasteiger partial charge is 0.311 e. The predicted octanol–water partition coefficient (Wildman–Crippen LogP) is 2.77. The first-order valence-corrected chi connectivity index (χ1v) is 9.30. The highest BCUT2D eigenvalue weighted by molar-refractivity contribution is 7.89. The van der Waals surface area contributed by atoms with Crippen molar-refractivity contribution in [2.75, 3.05) is 18.0 Å². The van der Waals surface area contributed by atoms with E-state index in [2.05, 4.69) is 4.72 Å². The summed E-state index contributed by atoms with van der Waals surface area (Å²) in [6.07, 6.45) is 0. The first-order chi connectivity index (χ1) is 11.7. The van der Waals surface area contributed by atoms with E-state index in [-0.39, 0.29) is 23.9 Å². The van der Waals surface area contributed by atoms with Gasteiger partial charge in [0.05, 0.1) is 4.90 Å². The first kappa shape index (κ1) is 19.1. The summed E-state index contributed by atoms with van der Waals surface area (Å²) in [5.74, 6) is -0.675. The van der Waals surface area contributed by atoms with Crippen LogP contribution in [0.15, 0.2) is 47.4 Å². The van der Waals surface area contributed by atoms with Crippen LogP contribution in [0.5, 0.6) is 0 Å². The Balaban J connectivity index is 2.11. The van der Waals surface area contributed by atoms with Crippen molar-refractivity contribution in [2.45, 2.75) is 25.7 Å². The molecule has 1 amide bonds. The van der Waals surface area contributed by atoms with Gasteiger partial charge in [-0.1, -0.05) is 12.1 Å². The van der Waals surface area contributed by atoms with Crippen LogP contribution in [0, 0.1) is 19.7 Å². The van der Waals surface area contributed by atoms with Crippen LogP contribution in [0.1, 0.15) is 18.1 Å². The molecule has 0 saturated carbocycles. The maximum atomic E-state index is 12.9. The summed E-state index contributed by atoms with van der Waals surface area (Å²) in [4.78, 5) is 13.5. The highest BCUT2D eigenvalue weighted by Crippen LogP contribution is 2.22. The third kappa shape index (κ3) is 4.64. The lowest BCUT2D eigenvalue weighted by Crippen LogP contribution is -2.38. The molecule has 134 valence electrons. The van der Waals surface area contributed by atoms with Crippen LogP contribution in [0.25, 0.3) is 0 Å². The molecule has 0 aliphatic carbocycles. The van der Waals surface area contributed by atoms with Gasteiger partial charge in [-0.2, -0.15) is 0 Å². The van der Waals surface area contributed by atoms with Crippen LogP contribution < -0.4 is 9.62 Å². The second kappa shape index (κ2) is 7.76. The van der Waals surface area contributed by atoms with Crippen molar-refractivity contribution in [3.63, 3.8) is 0 Å². The summed E-state index contributed by atoms with van der Waals surface area (Å²) >= 11 is 0. The third-order valence-electron chi connectivity index (χ3n) is 4.00. The average Bonchev–Trinajstić information content (AvgIpc) is 2.55. The normalized spacial score (nSPS) is 11.4. The Hall–Kier alpha value is -2.25. The van der Waals surface area contributed by atoms with Crippen molar-refractivity contribution >= 4 is 21.6 Å². The number of anilines is 1. The molecule has 0 unspecified atom stereocenters. The molecule has 5 nitrogen and oxygen atoms in total. The SMILES string of the molecule is CC(=O)N(CCNS(=O)(=O)c1ccc(F)cc1)c1cccc(C)c1C. The number of aryl methyl sites for hydroxylation is 1. The molecular weight excluding hydrogens is 343 g/mol. The van der Waals surface area contributed by atoms with Gasteiger partial charge < -0.3 is 4.90 Å². The highest BCUT2D eigenvalue weighted by atomic mass is 32.2. The predicted molar refractivity (Wildman–Crippen MR) is 95.5 cm³/mol. The summed E-state index contributed by atoms with van der Waals surface area (Å²) in [6, 6.07) is 10.2. The van der Waals surface area contributed by atoms with E-state index in [0.717, 1.165) is 28.9 Å². The van der Waals surface area contributed by atoms with Crippen molar-refractivity contribution in [2.24, 2.45) is 0 Å². The van der Waals surface area contributed by atoms with E-state index in [1.807, 2.05) is 32.0 Å². The zero-order chi connectivity index (χ0) is 18.6. The molecule has 0 bridgehead atoms. The average molecular weight is 364 g/mol. The second-order valence-corrected chi connectivity index (χ2v) is 7.51. The second-order valence-electron chi connectivity index (χ2n) is 5.74. The number of hydrogen-bond acceptors (Lipinski definition) is 3. The number of amides is 1. The molecule has 0 saturated heterocycles. The zero-order valence-electron chi connectivity index (χ0n) is 14.4. The van der Waals surface area contributed by atoms with E-state index in [9.17, 15) is 17.6 Å². The van der Waals surface area contributed by atoms with Crippen molar-refractivity contribution in [1.82, 2.24) is 4.72 Å². The lowest BCUT2D eigenvalue weighted by atomic mass is 10.1.